The Morgan fingerprint density at radius 1 is 1.58 bits per heavy atom. The first kappa shape index (κ1) is 7.80. The standard InChI is InChI=1S/C9H15N3/c1-9(2)7(8(9)10)6-4-5-11-12(6)3/h4-5,7-8H,10H2,1-3H3/t7-,8-/m1/s1. The number of hydrogen-bond acceptors (Lipinski definition) is 2. The van der Waals surface area contributed by atoms with E-state index in [1.54, 1.807) is 0 Å². The van der Waals surface area contributed by atoms with Crippen LogP contribution >= 0.6 is 0 Å². The second kappa shape index (κ2) is 2.10. The van der Waals surface area contributed by atoms with Crippen LogP contribution < -0.4 is 5.73 Å². The summed E-state index contributed by atoms with van der Waals surface area (Å²) in [6, 6.07) is 2.35. The number of aryl methyl sites for hydroxylation is 1. The van der Waals surface area contributed by atoms with E-state index in [1.165, 1.54) is 5.69 Å². The Bertz CT molecular complexity index is 300. The molecule has 0 aromatic carbocycles. The smallest absolute Gasteiger partial charge is 0.0492 e. The van der Waals surface area contributed by atoms with Crippen LogP contribution in [0.2, 0.25) is 0 Å². The van der Waals surface area contributed by atoms with Crippen LogP contribution in [0.3, 0.4) is 0 Å². The molecule has 1 aromatic heterocycles. The van der Waals surface area contributed by atoms with Crippen LogP contribution in [-0.2, 0) is 7.05 Å². The molecule has 1 aliphatic rings. The van der Waals surface area contributed by atoms with Gasteiger partial charge < -0.3 is 5.73 Å². The van der Waals surface area contributed by atoms with Crippen molar-refractivity contribution in [2.24, 2.45) is 18.2 Å². The minimum atomic E-state index is 0.258. The highest BCUT2D eigenvalue weighted by Crippen LogP contribution is 2.56. The van der Waals surface area contributed by atoms with Gasteiger partial charge in [-0.25, -0.2) is 0 Å². The highest BCUT2D eigenvalue weighted by Gasteiger charge is 2.57. The van der Waals surface area contributed by atoms with Crippen LogP contribution in [0.25, 0.3) is 0 Å². The van der Waals surface area contributed by atoms with E-state index in [1.807, 2.05) is 17.9 Å². The van der Waals surface area contributed by atoms with Gasteiger partial charge in [0, 0.05) is 30.9 Å². The van der Waals surface area contributed by atoms with E-state index in [9.17, 15) is 0 Å². The fraction of sp³-hybridized carbons (Fsp3) is 0.667. The molecule has 1 saturated carbocycles. The van der Waals surface area contributed by atoms with Gasteiger partial charge in [0.15, 0.2) is 0 Å². The Morgan fingerprint density at radius 2 is 2.17 bits per heavy atom. The van der Waals surface area contributed by atoms with Crippen molar-refractivity contribution in [2.45, 2.75) is 25.8 Å². The zero-order chi connectivity index (χ0) is 8.93. The second-order valence-corrected chi connectivity index (χ2v) is 4.20. The molecule has 1 fully saturated rings. The van der Waals surface area contributed by atoms with Crippen molar-refractivity contribution in [3.63, 3.8) is 0 Å². The van der Waals surface area contributed by atoms with Gasteiger partial charge in [0.2, 0.25) is 0 Å². The monoisotopic (exact) mass is 165 g/mol. The molecule has 12 heavy (non-hydrogen) atoms. The fourth-order valence-corrected chi connectivity index (χ4v) is 1.93. The van der Waals surface area contributed by atoms with E-state index in [-0.39, 0.29) is 5.41 Å². The van der Waals surface area contributed by atoms with E-state index >= 15 is 0 Å². The van der Waals surface area contributed by atoms with E-state index in [0.29, 0.717) is 12.0 Å². The van der Waals surface area contributed by atoms with Crippen molar-refractivity contribution in [1.82, 2.24) is 9.78 Å². The summed E-state index contributed by atoms with van der Waals surface area (Å²) in [5.41, 5.74) is 7.48. The molecule has 2 atom stereocenters. The van der Waals surface area contributed by atoms with Gasteiger partial charge in [0.05, 0.1) is 0 Å². The SMILES string of the molecule is Cn1nccc1[C@@H]1[C@@H](N)C1(C)C. The fourth-order valence-electron chi connectivity index (χ4n) is 1.93. The summed E-state index contributed by atoms with van der Waals surface area (Å²) in [6.45, 7) is 4.41. The first-order valence-electron chi connectivity index (χ1n) is 4.28. The zero-order valence-corrected chi connectivity index (χ0v) is 7.78. The normalized spacial score (nSPS) is 32.0. The Morgan fingerprint density at radius 3 is 2.50 bits per heavy atom. The third kappa shape index (κ3) is 0.829. The lowest BCUT2D eigenvalue weighted by Gasteiger charge is -2.01. The predicted octanol–water partition coefficient (Wildman–Crippen LogP) is 0.871. The van der Waals surface area contributed by atoms with Crippen LogP contribution in [0.1, 0.15) is 25.5 Å². The third-order valence-electron chi connectivity index (χ3n) is 3.09. The number of hydrogen-bond donors (Lipinski definition) is 1. The molecule has 0 unspecified atom stereocenters. The summed E-state index contributed by atoms with van der Waals surface area (Å²) < 4.78 is 1.92. The average molecular weight is 165 g/mol. The van der Waals surface area contributed by atoms with Gasteiger partial charge in [-0.15, -0.1) is 0 Å². The van der Waals surface area contributed by atoms with Gasteiger partial charge in [0.1, 0.15) is 0 Å². The summed E-state index contributed by atoms with van der Waals surface area (Å²) in [6.07, 6.45) is 1.83. The molecule has 0 radical (unpaired) electrons. The van der Waals surface area contributed by atoms with Crippen LogP contribution in [-0.4, -0.2) is 15.8 Å². The predicted molar refractivity (Wildman–Crippen MR) is 47.7 cm³/mol. The molecule has 0 aliphatic heterocycles. The lowest BCUT2D eigenvalue weighted by atomic mass is 10.1. The molecule has 1 heterocycles. The molecule has 3 nitrogen and oxygen atoms in total. The maximum absolute atomic E-state index is 5.96. The highest BCUT2D eigenvalue weighted by molar-refractivity contribution is 5.28. The third-order valence-corrected chi connectivity index (χ3v) is 3.09. The average Bonchev–Trinajstić information content (AvgIpc) is 2.39. The van der Waals surface area contributed by atoms with Crippen molar-refractivity contribution < 1.29 is 0 Å². The minimum Gasteiger partial charge on any atom is -0.327 e. The van der Waals surface area contributed by atoms with Crippen molar-refractivity contribution >= 4 is 0 Å². The Balaban J connectivity index is 2.30. The first-order valence-corrected chi connectivity index (χ1v) is 4.28. The zero-order valence-electron chi connectivity index (χ0n) is 7.78. The molecule has 2 rings (SSSR count). The first-order chi connectivity index (χ1) is 5.55. The molecule has 66 valence electrons. The highest BCUT2D eigenvalue weighted by atomic mass is 15.3. The quantitative estimate of drug-likeness (QED) is 0.671. The lowest BCUT2D eigenvalue weighted by molar-refractivity contribution is 0.581. The molecular formula is C9H15N3. The largest absolute Gasteiger partial charge is 0.327 e. The maximum atomic E-state index is 5.96. The van der Waals surface area contributed by atoms with Gasteiger partial charge in [-0.05, 0) is 11.5 Å². The number of aromatic nitrogens is 2. The molecule has 3 heteroatoms. The summed E-state index contributed by atoms with van der Waals surface area (Å²) in [4.78, 5) is 0. The number of rotatable bonds is 1. The van der Waals surface area contributed by atoms with Crippen molar-refractivity contribution in [2.75, 3.05) is 0 Å². The van der Waals surface area contributed by atoms with Crippen LogP contribution in [0, 0.1) is 5.41 Å². The Hall–Kier alpha value is -0.830. The number of nitrogens with zero attached hydrogens (tertiary/aromatic N) is 2. The molecule has 1 aliphatic carbocycles. The molecule has 0 bridgehead atoms. The van der Waals surface area contributed by atoms with Crippen molar-refractivity contribution in [3.05, 3.63) is 18.0 Å². The molecule has 0 saturated heterocycles. The van der Waals surface area contributed by atoms with Crippen LogP contribution in [0.15, 0.2) is 12.3 Å². The Labute approximate surface area is 72.6 Å². The molecule has 0 amide bonds. The van der Waals surface area contributed by atoms with Crippen LogP contribution in [0.5, 0.6) is 0 Å². The van der Waals surface area contributed by atoms with Gasteiger partial charge in [-0.2, -0.15) is 5.10 Å². The van der Waals surface area contributed by atoms with E-state index in [2.05, 4.69) is 25.0 Å². The summed E-state index contributed by atoms with van der Waals surface area (Å²) >= 11 is 0. The molecular weight excluding hydrogens is 150 g/mol. The van der Waals surface area contributed by atoms with Gasteiger partial charge in [0.25, 0.3) is 0 Å². The topological polar surface area (TPSA) is 43.8 Å². The van der Waals surface area contributed by atoms with Gasteiger partial charge in [-0.3, -0.25) is 4.68 Å². The molecule has 0 spiro atoms. The molecule has 1 aromatic rings. The van der Waals surface area contributed by atoms with E-state index in [4.69, 9.17) is 5.73 Å². The van der Waals surface area contributed by atoms with Crippen LogP contribution in [0.4, 0.5) is 0 Å². The van der Waals surface area contributed by atoms with Gasteiger partial charge >= 0.3 is 0 Å². The van der Waals surface area contributed by atoms with Crippen molar-refractivity contribution in [1.29, 1.82) is 0 Å². The molecule has 2 N–H and O–H groups in total. The Kier molecular flexibility index (Phi) is 1.37. The van der Waals surface area contributed by atoms with Crippen molar-refractivity contribution in [3.8, 4) is 0 Å². The van der Waals surface area contributed by atoms with E-state index < -0.39 is 0 Å². The number of nitrogens with two attached hydrogens (primary N) is 1. The second-order valence-electron chi connectivity index (χ2n) is 4.20. The summed E-state index contributed by atoms with van der Waals surface area (Å²) in [7, 11) is 1.97. The maximum Gasteiger partial charge on any atom is 0.0492 e. The minimum absolute atomic E-state index is 0.258. The lowest BCUT2D eigenvalue weighted by Crippen LogP contribution is -2.07. The van der Waals surface area contributed by atoms with E-state index in [0.717, 1.165) is 0 Å². The summed E-state index contributed by atoms with van der Waals surface area (Å²) in [5.74, 6) is 0.491. The van der Waals surface area contributed by atoms with Gasteiger partial charge in [-0.1, -0.05) is 13.8 Å². The summed E-state index contributed by atoms with van der Waals surface area (Å²) in [5, 5.41) is 4.14.